The Balaban J connectivity index is 5.64. The molecular formula is C8H18Br6Si3. The molecule has 0 rings (SSSR count). The first kappa shape index (κ1) is 20.5. The largest absolute Gasteiger partial charge is 0.266 e. The van der Waals surface area contributed by atoms with Crippen LogP contribution < -0.4 is 0 Å². The Morgan fingerprint density at radius 2 is 1.12 bits per heavy atom. The van der Waals surface area contributed by atoms with Crippen LogP contribution in [-0.4, -0.2) is 14.0 Å². The average molecular weight is 678 g/mol. The minimum Gasteiger partial charge on any atom is -0.127 e. The molecule has 0 bridgehead atoms. The lowest BCUT2D eigenvalue weighted by molar-refractivity contribution is 0.853. The molecule has 3 atom stereocenters. The van der Waals surface area contributed by atoms with Gasteiger partial charge in [0.15, 0.2) is 5.73 Å². The molecule has 0 spiro atoms. The Kier molecular flexibility index (Phi) is 9.29. The van der Waals surface area contributed by atoms with E-state index in [1.165, 1.54) is 12.8 Å². The molecule has 104 valence electrons. The standard InChI is InChI=1S/C8H18Br6Si3/c1-5-7(3)15(9,10)16(11,8(4)6-2)17(12,13)14/h7-8H,5-6H2,1-4H3. The first-order valence-electron chi connectivity index (χ1n) is 5.60. The number of hydrogen-bond donors (Lipinski definition) is 0. The second-order valence-electron chi connectivity index (χ2n) is 4.45. The molecule has 0 saturated heterocycles. The summed E-state index contributed by atoms with van der Waals surface area (Å²) in [4.78, 5) is -1.68. The van der Waals surface area contributed by atoms with Crippen molar-refractivity contribution >= 4 is 106 Å². The van der Waals surface area contributed by atoms with Crippen molar-refractivity contribution in [1.82, 2.24) is 0 Å². The molecule has 17 heavy (non-hydrogen) atoms. The summed E-state index contributed by atoms with van der Waals surface area (Å²) in [6.07, 6.45) is 2.41. The first-order chi connectivity index (χ1) is 7.46. The van der Waals surface area contributed by atoms with Crippen LogP contribution in [0.3, 0.4) is 0 Å². The third kappa shape index (κ3) is 4.26. The quantitative estimate of drug-likeness (QED) is 0.203. The van der Waals surface area contributed by atoms with E-state index >= 15 is 0 Å². The lowest BCUT2D eigenvalue weighted by Crippen LogP contribution is -2.66. The zero-order valence-corrected chi connectivity index (χ0v) is 22.9. The van der Waals surface area contributed by atoms with Crippen molar-refractivity contribution in [3.63, 3.8) is 0 Å². The van der Waals surface area contributed by atoms with Gasteiger partial charge in [0.05, 0.1) is 0 Å². The van der Waals surface area contributed by atoms with Gasteiger partial charge in [0.2, 0.25) is 4.83 Å². The zero-order chi connectivity index (χ0) is 14.1. The van der Waals surface area contributed by atoms with Crippen LogP contribution in [0.5, 0.6) is 0 Å². The van der Waals surface area contributed by atoms with Crippen molar-refractivity contribution in [3.8, 4) is 0 Å². The van der Waals surface area contributed by atoms with Crippen molar-refractivity contribution in [1.29, 1.82) is 0 Å². The van der Waals surface area contributed by atoms with E-state index in [1.807, 2.05) is 0 Å². The maximum Gasteiger partial charge on any atom is 0.266 e. The molecule has 0 radical (unpaired) electrons. The average Bonchev–Trinajstić information content (AvgIpc) is 2.23. The summed E-state index contributed by atoms with van der Waals surface area (Å²) in [5, 5.41) is 0. The topological polar surface area (TPSA) is 0 Å². The molecule has 0 aliphatic heterocycles. The predicted molar refractivity (Wildman–Crippen MR) is 110 cm³/mol. The molecule has 0 aromatic rings. The van der Waals surface area contributed by atoms with Crippen LogP contribution in [0.15, 0.2) is 0 Å². The fourth-order valence-corrected chi connectivity index (χ4v) is 128. The smallest absolute Gasteiger partial charge is 0.127 e. The molecule has 0 aromatic carbocycles. The third-order valence-corrected chi connectivity index (χ3v) is 112. The third-order valence-electron chi connectivity index (χ3n) is 3.42. The van der Waals surface area contributed by atoms with Gasteiger partial charge in [-0.15, -0.1) is 45.9 Å². The van der Waals surface area contributed by atoms with Crippen molar-refractivity contribution in [2.24, 2.45) is 0 Å². The SMILES string of the molecule is CCC(C)[Si](Br)(Br)[Si](Br)(C(C)CC)[Si](Br)(Br)Br. The van der Waals surface area contributed by atoms with Crippen molar-refractivity contribution in [3.05, 3.63) is 0 Å². The van der Waals surface area contributed by atoms with E-state index in [-0.39, 0.29) is 0 Å². The fourth-order valence-electron chi connectivity index (χ4n) is 1.69. The highest BCUT2D eigenvalue weighted by atomic mass is 80.0. The molecule has 0 N–H and O–H groups in total. The van der Waals surface area contributed by atoms with Gasteiger partial charge in [-0.3, -0.25) is 0 Å². The number of halogens is 6. The molecule has 0 amide bonds. The number of hydrogen-bond acceptors (Lipinski definition) is 0. The molecule has 0 heterocycles. The van der Waals surface area contributed by atoms with E-state index in [1.54, 1.807) is 0 Å². The summed E-state index contributed by atoms with van der Waals surface area (Å²) in [6, 6.07) is 0. The summed E-state index contributed by atoms with van der Waals surface area (Å²) in [5.74, 6) is 0. The molecule has 0 aliphatic carbocycles. The molecule has 9 heteroatoms. The Morgan fingerprint density at radius 1 is 0.765 bits per heavy atom. The minimum atomic E-state index is -1.75. The highest BCUT2D eigenvalue weighted by molar-refractivity contribution is 9.78. The van der Waals surface area contributed by atoms with E-state index in [4.69, 9.17) is 0 Å². The van der Waals surface area contributed by atoms with Gasteiger partial charge in [-0.1, -0.05) is 86.4 Å². The minimum absolute atomic E-state index is 0.696. The lowest BCUT2D eigenvalue weighted by Gasteiger charge is -2.46. The Labute approximate surface area is 155 Å². The van der Waals surface area contributed by atoms with E-state index in [9.17, 15) is 0 Å². The predicted octanol–water partition coefficient (Wildman–Crippen LogP) is 7.44. The Morgan fingerprint density at radius 3 is 1.35 bits per heavy atom. The Bertz CT molecular complexity index is 256. The van der Waals surface area contributed by atoms with Gasteiger partial charge in [-0.25, -0.2) is 0 Å². The van der Waals surface area contributed by atoms with Gasteiger partial charge in [0.1, 0.15) is 0 Å². The fraction of sp³-hybridized carbons (Fsp3) is 1.00. The normalized spacial score (nSPS) is 20.8. The molecule has 0 aliphatic rings. The molecule has 0 saturated carbocycles. The van der Waals surface area contributed by atoms with Crippen LogP contribution in [0.2, 0.25) is 11.1 Å². The first-order valence-corrected chi connectivity index (χ1v) is 27.3. The lowest BCUT2D eigenvalue weighted by atomic mass is 10.4. The monoisotopic (exact) mass is 672 g/mol. The van der Waals surface area contributed by atoms with Gasteiger partial charge in [0, 0.05) is 0 Å². The summed E-state index contributed by atoms with van der Waals surface area (Å²) < 4.78 is -1.75. The van der Waals surface area contributed by atoms with Crippen LogP contribution in [0.25, 0.3) is 0 Å². The highest BCUT2D eigenvalue weighted by Gasteiger charge is 2.67. The van der Waals surface area contributed by atoms with Gasteiger partial charge < -0.3 is 0 Å². The van der Waals surface area contributed by atoms with E-state index in [0.717, 1.165) is 0 Å². The van der Waals surface area contributed by atoms with Crippen LogP contribution in [-0.2, 0) is 0 Å². The zero-order valence-electron chi connectivity index (χ0n) is 10.3. The van der Waals surface area contributed by atoms with E-state index in [0.29, 0.717) is 11.1 Å². The molecule has 0 fully saturated rings. The maximum absolute atomic E-state index is 4.22. The van der Waals surface area contributed by atoms with Crippen molar-refractivity contribution in [2.75, 3.05) is 0 Å². The summed E-state index contributed by atoms with van der Waals surface area (Å²) in [6.45, 7) is 9.28. The second kappa shape index (κ2) is 7.69. The summed E-state index contributed by atoms with van der Waals surface area (Å²) >= 11 is 24.3. The van der Waals surface area contributed by atoms with Gasteiger partial charge >= 0.3 is 0 Å². The van der Waals surface area contributed by atoms with Gasteiger partial charge in [-0.2, -0.15) is 0 Å². The van der Waals surface area contributed by atoms with Crippen LogP contribution in [0.4, 0.5) is 0 Å². The molecular weight excluding hydrogens is 660 g/mol. The molecule has 3 unspecified atom stereocenters. The highest BCUT2D eigenvalue weighted by Crippen LogP contribution is 2.59. The summed E-state index contributed by atoms with van der Waals surface area (Å²) in [7, 11) is 0. The van der Waals surface area contributed by atoms with Crippen molar-refractivity contribution in [2.45, 2.75) is 51.6 Å². The van der Waals surface area contributed by atoms with E-state index in [2.05, 4.69) is 119 Å². The maximum atomic E-state index is 4.22. The number of rotatable bonds is 6. The molecule has 0 nitrogen and oxygen atoms in total. The van der Waals surface area contributed by atoms with Crippen LogP contribution in [0.1, 0.15) is 40.5 Å². The summed E-state index contributed by atoms with van der Waals surface area (Å²) in [5.41, 5.74) is -0.295. The van der Waals surface area contributed by atoms with Gasteiger partial charge in [-0.05, 0) is 11.1 Å². The second-order valence-corrected chi connectivity index (χ2v) is 71.0. The van der Waals surface area contributed by atoms with E-state index < -0.39 is 14.0 Å². The Hall–Kier alpha value is 3.53. The van der Waals surface area contributed by atoms with Crippen LogP contribution in [0, 0.1) is 0 Å². The molecule has 0 aromatic heterocycles. The van der Waals surface area contributed by atoms with Crippen LogP contribution >= 0.6 is 91.8 Å². The van der Waals surface area contributed by atoms with Crippen molar-refractivity contribution < 1.29 is 0 Å². The van der Waals surface area contributed by atoms with Gasteiger partial charge in [0.25, 0.3) is 3.45 Å².